The Labute approximate surface area is 264 Å². The zero-order valence-corrected chi connectivity index (χ0v) is 29.9. The van der Waals surface area contributed by atoms with Gasteiger partial charge >= 0.3 is 7.75 Å². The third-order valence-corrected chi connectivity index (χ3v) is 10.8. The normalized spacial score (nSPS) is 17.0. The Morgan fingerprint density at radius 1 is 0.571 bits per heavy atom. The van der Waals surface area contributed by atoms with Crippen LogP contribution < -0.4 is 5.09 Å². The molecule has 42 heavy (non-hydrogen) atoms. The first-order valence-corrected chi connectivity index (χ1v) is 20.5. The zero-order chi connectivity index (χ0) is 30.6. The fourth-order valence-corrected chi connectivity index (χ4v) is 7.75. The second-order valence-electron chi connectivity index (χ2n) is 13.4. The fraction of sp³-hybridized carbons (Fsp3) is 1.00. The molecule has 0 amide bonds. The maximum absolute atomic E-state index is 14.2. The molecule has 1 N–H and O–H groups in total. The van der Waals surface area contributed by atoms with E-state index in [2.05, 4.69) is 37.7 Å². The monoisotopic (exact) mass is 615 g/mol. The van der Waals surface area contributed by atoms with Gasteiger partial charge in [0.15, 0.2) is 0 Å². The molecule has 1 saturated heterocycles. The van der Waals surface area contributed by atoms with Gasteiger partial charge in [-0.15, -0.1) is 0 Å². The molecule has 0 aliphatic carbocycles. The van der Waals surface area contributed by atoms with Gasteiger partial charge in [0.25, 0.3) is 0 Å². The molecular formula is C36H75N2O3P. The van der Waals surface area contributed by atoms with Crippen LogP contribution in [0, 0.1) is 11.8 Å². The minimum absolute atomic E-state index is 0.475. The third-order valence-electron chi connectivity index (χ3n) is 9.26. The molecular weight excluding hydrogens is 539 g/mol. The second-order valence-corrected chi connectivity index (χ2v) is 15.2. The van der Waals surface area contributed by atoms with Gasteiger partial charge in [-0.3, -0.25) is 9.05 Å². The maximum atomic E-state index is 14.2. The van der Waals surface area contributed by atoms with Gasteiger partial charge in [0.1, 0.15) is 0 Å². The van der Waals surface area contributed by atoms with Crippen LogP contribution in [0.3, 0.4) is 0 Å². The van der Waals surface area contributed by atoms with Crippen molar-refractivity contribution in [3.63, 3.8) is 0 Å². The first-order chi connectivity index (χ1) is 20.6. The molecule has 1 fully saturated rings. The molecule has 6 heteroatoms. The van der Waals surface area contributed by atoms with E-state index in [1.807, 2.05) is 0 Å². The van der Waals surface area contributed by atoms with Crippen molar-refractivity contribution in [3.8, 4) is 0 Å². The predicted octanol–water partition coefficient (Wildman–Crippen LogP) is 11.7. The van der Waals surface area contributed by atoms with Crippen LogP contribution in [-0.2, 0) is 13.6 Å². The molecule has 0 aromatic rings. The summed E-state index contributed by atoms with van der Waals surface area (Å²) in [6.07, 6.45) is 30.6. The lowest BCUT2D eigenvalue weighted by Crippen LogP contribution is -2.30. The summed E-state index contributed by atoms with van der Waals surface area (Å²) >= 11 is 0. The predicted molar refractivity (Wildman–Crippen MR) is 184 cm³/mol. The Hall–Kier alpha value is 0.0700. The van der Waals surface area contributed by atoms with Crippen LogP contribution in [-0.4, -0.2) is 44.3 Å². The van der Waals surface area contributed by atoms with Gasteiger partial charge in [-0.25, -0.2) is 9.65 Å². The Balaban J connectivity index is 2.73. The first-order valence-electron chi connectivity index (χ1n) is 18.9. The topological polar surface area (TPSA) is 50.8 Å². The molecule has 5 nitrogen and oxygen atoms in total. The van der Waals surface area contributed by atoms with E-state index in [9.17, 15) is 4.57 Å². The number of likely N-dealkylation sites (tertiary alicyclic amines) is 1. The highest BCUT2D eigenvalue weighted by Crippen LogP contribution is 2.45. The number of unbranched alkanes of at least 4 members (excludes halogenated alkanes) is 14. The van der Waals surface area contributed by atoms with Crippen molar-refractivity contribution in [3.05, 3.63) is 0 Å². The van der Waals surface area contributed by atoms with Crippen molar-refractivity contribution < 1.29 is 13.6 Å². The lowest BCUT2D eigenvalue weighted by atomic mass is 9.95. The number of hydrogen-bond acceptors (Lipinski definition) is 4. The van der Waals surface area contributed by atoms with Gasteiger partial charge in [0, 0.05) is 13.1 Å². The van der Waals surface area contributed by atoms with Gasteiger partial charge in [-0.05, 0) is 63.5 Å². The van der Waals surface area contributed by atoms with Gasteiger partial charge in [-0.1, -0.05) is 143 Å². The average Bonchev–Trinajstić information content (AvgIpc) is 3.51. The second kappa shape index (κ2) is 28.5. The van der Waals surface area contributed by atoms with E-state index in [1.54, 1.807) is 0 Å². The summed E-state index contributed by atoms with van der Waals surface area (Å²) in [5.41, 5.74) is 0. The van der Waals surface area contributed by atoms with Crippen LogP contribution >= 0.6 is 7.75 Å². The van der Waals surface area contributed by atoms with Gasteiger partial charge < -0.3 is 4.90 Å². The summed E-state index contributed by atoms with van der Waals surface area (Å²) in [7, 11) is -3.35. The quantitative estimate of drug-likeness (QED) is 0.0603. The van der Waals surface area contributed by atoms with Crippen molar-refractivity contribution in [2.75, 3.05) is 39.4 Å². The minimum Gasteiger partial charge on any atom is -0.302 e. The molecule has 1 aliphatic rings. The summed E-state index contributed by atoms with van der Waals surface area (Å²) < 4.78 is 26.8. The smallest absolute Gasteiger partial charge is 0.302 e. The van der Waals surface area contributed by atoms with Crippen molar-refractivity contribution in [1.29, 1.82) is 0 Å². The Morgan fingerprint density at radius 3 is 1.36 bits per heavy atom. The number of rotatable bonds is 32. The van der Waals surface area contributed by atoms with Gasteiger partial charge in [0.05, 0.1) is 13.2 Å². The number of nitrogens with one attached hydrogen (secondary N) is 1. The third kappa shape index (κ3) is 22.6. The largest absolute Gasteiger partial charge is 0.405 e. The Kier molecular flexibility index (Phi) is 27.2. The van der Waals surface area contributed by atoms with Crippen LogP contribution in [0.5, 0.6) is 0 Å². The van der Waals surface area contributed by atoms with Crippen molar-refractivity contribution >= 4 is 7.75 Å². The van der Waals surface area contributed by atoms with E-state index in [0.29, 0.717) is 31.6 Å². The van der Waals surface area contributed by atoms with E-state index in [0.717, 1.165) is 19.6 Å². The highest BCUT2D eigenvalue weighted by molar-refractivity contribution is 7.51. The molecule has 1 aliphatic heterocycles. The Morgan fingerprint density at radius 2 is 0.929 bits per heavy atom. The molecule has 1 rings (SSSR count). The van der Waals surface area contributed by atoms with Crippen molar-refractivity contribution in [1.82, 2.24) is 9.99 Å². The summed E-state index contributed by atoms with van der Waals surface area (Å²) in [4.78, 5) is 2.47. The fourth-order valence-electron chi connectivity index (χ4n) is 6.30. The molecule has 2 unspecified atom stereocenters. The number of hydrogen-bond donors (Lipinski definition) is 1. The highest BCUT2D eigenvalue weighted by Gasteiger charge is 2.28. The summed E-state index contributed by atoms with van der Waals surface area (Å²) in [5, 5.41) is 3.32. The first kappa shape index (κ1) is 40.1. The SMILES string of the molecule is CCCCCCCCC(CCCCC)COP(=O)(NCCN1CCCC1)OCC(CCCCC)CCCCCCCC. The lowest BCUT2D eigenvalue weighted by molar-refractivity contribution is 0.139. The summed E-state index contributed by atoms with van der Waals surface area (Å²) in [5.74, 6) is 0.951. The van der Waals surface area contributed by atoms with E-state index in [-0.39, 0.29) is 0 Å². The molecule has 0 radical (unpaired) electrons. The molecule has 252 valence electrons. The molecule has 1 heterocycles. The average molecular weight is 615 g/mol. The summed E-state index contributed by atoms with van der Waals surface area (Å²) in [6.45, 7) is 14.1. The highest BCUT2D eigenvalue weighted by atomic mass is 31.2. The molecule has 0 aromatic heterocycles. The van der Waals surface area contributed by atoms with Crippen LogP contribution in [0.25, 0.3) is 0 Å². The van der Waals surface area contributed by atoms with Gasteiger partial charge in [-0.2, -0.15) is 0 Å². The lowest BCUT2D eigenvalue weighted by Gasteiger charge is -2.26. The molecule has 2 atom stereocenters. The van der Waals surface area contributed by atoms with Crippen LogP contribution in [0.1, 0.15) is 182 Å². The minimum atomic E-state index is -3.35. The van der Waals surface area contributed by atoms with Crippen LogP contribution in [0.2, 0.25) is 0 Å². The molecule has 0 spiro atoms. The van der Waals surface area contributed by atoms with Crippen molar-refractivity contribution in [2.24, 2.45) is 11.8 Å². The standard InChI is InChI=1S/C36H75N2O3P/c1-5-9-13-15-17-21-27-35(25-19-11-7-3)33-40-42(39,37-29-32-38-30-23-24-31-38)41-34-36(26-20-12-8-4)28-22-18-16-14-10-6-2/h35-36H,5-34H2,1-4H3,(H,37,39). The van der Waals surface area contributed by atoms with E-state index in [1.165, 1.54) is 154 Å². The van der Waals surface area contributed by atoms with Crippen molar-refractivity contribution in [2.45, 2.75) is 182 Å². The van der Waals surface area contributed by atoms with E-state index < -0.39 is 7.75 Å². The van der Waals surface area contributed by atoms with Crippen LogP contribution in [0.4, 0.5) is 0 Å². The maximum Gasteiger partial charge on any atom is 0.405 e. The molecule has 0 aromatic carbocycles. The Bertz CT molecular complexity index is 576. The van der Waals surface area contributed by atoms with E-state index in [4.69, 9.17) is 9.05 Å². The molecule has 0 bridgehead atoms. The summed E-state index contributed by atoms with van der Waals surface area (Å²) in [6, 6.07) is 0. The molecule has 0 saturated carbocycles. The number of nitrogens with zero attached hydrogens (tertiary/aromatic N) is 1. The zero-order valence-electron chi connectivity index (χ0n) is 29.0. The van der Waals surface area contributed by atoms with Gasteiger partial charge in [0.2, 0.25) is 0 Å². The van der Waals surface area contributed by atoms with E-state index >= 15 is 0 Å². The van der Waals surface area contributed by atoms with Crippen LogP contribution in [0.15, 0.2) is 0 Å².